The first-order valence-corrected chi connectivity index (χ1v) is 6.50. The van der Waals surface area contributed by atoms with E-state index in [1.165, 1.54) is 11.3 Å². The Labute approximate surface area is 104 Å². The maximum Gasteiger partial charge on any atom is 0.231 e. The molecule has 1 aliphatic rings. The summed E-state index contributed by atoms with van der Waals surface area (Å²) in [4.78, 5) is 16.0. The van der Waals surface area contributed by atoms with Crippen molar-refractivity contribution in [1.29, 1.82) is 0 Å². The van der Waals surface area contributed by atoms with E-state index in [-0.39, 0.29) is 17.9 Å². The van der Waals surface area contributed by atoms with Crippen LogP contribution in [0.3, 0.4) is 0 Å². The Hall–Kier alpha value is -0.980. The number of hydrogen-bond donors (Lipinski definition) is 2. The Bertz CT molecular complexity index is 405. The van der Waals surface area contributed by atoms with Crippen LogP contribution in [0.5, 0.6) is 0 Å². The van der Waals surface area contributed by atoms with Crippen LogP contribution in [0.25, 0.3) is 0 Å². The number of aromatic nitrogens is 1. The molecule has 2 heterocycles. The van der Waals surface area contributed by atoms with Crippen LogP contribution >= 0.6 is 11.3 Å². The quantitative estimate of drug-likeness (QED) is 0.861. The van der Waals surface area contributed by atoms with Crippen molar-refractivity contribution in [3.05, 3.63) is 11.1 Å². The predicted octanol–water partition coefficient (Wildman–Crippen LogP) is 1.56. The van der Waals surface area contributed by atoms with Crippen LogP contribution in [-0.4, -0.2) is 28.7 Å². The maximum atomic E-state index is 11.9. The van der Waals surface area contributed by atoms with Gasteiger partial charge in [0.2, 0.25) is 5.91 Å². The zero-order chi connectivity index (χ0) is 12.4. The minimum atomic E-state index is -0.605. The predicted molar refractivity (Wildman–Crippen MR) is 64.9 cm³/mol. The van der Waals surface area contributed by atoms with Gasteiger partial charge in [0.1, 0.15) is 0 Å². The molecule has 6 heteroatoms. The summed E-state index contributed by atoms with van der Waals surface area (Å²) in [6.07, 6.45) is 0.294. The average Bonchev–Trinajstić information content (AvgIpc) is 2.86. The summed E-state index contributed by atoms with van der Waals surface area (Å²) >= 11 is 1.32. The molecule has 1 saturated heterocycles. The smallest absolute Gasteiger partial charge is 0.231 e. The molecule has 1 fully saturated rings. The number of nitrogens with zero attached hydrogens (tertiary/aromatic N) is 1. The molecule has 1 amide bonds. The highest BCUT2D eigenvalue weighted by molar-refractivity contribution is 7.13. The SMILES string of the molecule is CC1CC(C(=O)Nc2nc(C(C)O)cs2)CO1. The van der Waals surface area contributed by atoms with Crippen molar-refractivity contribution >= 4 is 22.4 Å². The van der Waals surface area contributed by atoms with Gasteiger partial charge in [-0.2, -0.15) is 0 Å². The Kier molecular flexibility index (Phi) is 3.76. The third kappa shape index (κ3) is 3.02. The molecule has 3 atom stereocenters. The van der Waals surface area contributed by atoms with Crippen molar-refractivity contribution in [2.45, 2.75) is 32.5 Å². The number of thiazole rings is 1. The van der Waals surface area contributed by atoms with Crippen LogP contribution in [0.2, 0.25) is 0 Å². The molecule has 3 unspecified atom stereocenters. The van der Waals surface area contributed by atoms with E-state index in [0.717, 1.165) is 6.42 Å². The summed E-state index contributed by atoms with van der Waals surface area (Å²) in [5.74, 6) is -0.148. The van der Waals surface area contributed by atoms with Crippen molar-refractivity contribution < 1.29 is 14.6 Å². The second-order valence-corrected chi connectivity index (χ2v) is 5.18. The number of anilines is 1. The summed E-state index contributed by atoms with van der Waals surface area (Å²) in [7, 11) is 0. The van der Waals surface area contributed by atoms with Gasteiger partial charge in [-0.05, 0) is 20.3 Å². The van der Waals surface area contributed by atoms with Gasteiger partial charge < -0.3 is 15.2 Å². The molecule has 1 aromatic heterocycles. The molecule has 0 bridgehead atoms. The fraction of sp³-hybridized carbons (Fsp3) is 0.636. The lowest BCUT2D eigenvalue weighted by molar-refractivity contribution is -0.119. The number of ether oxygens (including phenoxy) is 1. The van der Waals surface area contributed by atoms with E-state index < -0.39 is 6.10 Å². The van der Waals surface area contributed by atoms with E-state index in [1.807, 2.05) is 6.92 Å². The fourth-order valence-electron chi connectivity index (χ4n) is 1.74. The van der Waals surface area contributed by atoms with Crippen LogP contribution in [0, 0.1) is 5.92 Å². The topological polar surface area (TPSA) is 71.5 Å². The Morgan fingerprint density at radius 2 is 2.53 bits per heavy atom. The number of rotatable bonds is 3. The molecule has 1 aliphatic heterocycles. The monoisotopic (exact) mass is 256 g/mol. The Morgan fingerprint density at radius 3 is 3.06 bits per heavy atom. The summed E-state index contributed by atoms with van der Waals surface area (Å²) in [5.41, 5.74) is 0.585. The molecule has 2 N–H and O–H groups in total. The number of aliphatic hydroxyl groups is 1. The van der Waals surface area contributed by atoms with Crippen molar-refractivity contribution in [1.82, 2.24) is 4.98 Å². The van der Waals surface area contributed by atoms with Crippen molar-refractivity contribution in [2.24, 2.45) is 5.92 Å². The van der Waals surface area contributed by atoms with E-state index in [4.69, 9.17) is 4.74 Å². The number of carbonyl (C=O) groups is 1. The summed E-state index contributed by atoms with van der Waals surface area (Å²) in [5, 5.41) is 14.4. The van der Waals surface area contributed by atoms with Crippen LogP contribution in [0.1, 0.15) is 32.1 Å². The first-order valence-electron chi connectivity index (χ1n) is 5.62. The summed E-state index contributed by atoms with van der Waals surface area (Å²) < 4.78 is 5.35. The zero-order valence-electron chi connectivity index (χ0n) is 9.84. The maximum absolute atomic E-state index is 11.9. The van der Waals surface area contributed by atoms with Gasteiger partial charge in [0.05, 0.1) is 30.4 Å². The third-order valence-electron chi connectivity index (χ3n) is 2.75. The van der Waals surface area contributed by atoms with Gasteiger partial charge in [-0.15, -0.1) is 11.3 Å². The largest absolute Gasteiger partial charge is 0.387 e. The Morgan fingerprint density at radius 1 is 1.76 bits per heavy atom. The minimum Gasteiger partial charge on any atom is -0.387 e. The normalized spacial score (nSPS) is 25.8. The van der Waals surface area contributed by atoms with Gasteiger partial charge in [-0.3, -0.25) is 4.79 Å². The van der Waals surface area contributed by atoms with Crippen LogP contribution in [0.4, 0.5) is 5.13 Å². The first kappa shape index (κ1) is 12.5. The standard InChI is InChI=1S/C11H16N2O3S/c1-6-3-8(4-16-6)10(15)13-11-12-9(5-17-11)7(2)14/h5-8,14H,3-4H2,1-2H3,(H,12,13,15). The van der Waals surface area contributed by atoms with E-state index in [1.54, 1.807) is 12.3 Å². The number of hydrogen-bond acceptors (Lipinski definition) is 5. The van der Waals surface area contributed by atoms with Gasteiger partial charge in [-0.25, -0.2) is 4.98 Å². The van der Waals surface area contributed by atoms with E-state index in [9.17, 15) is 9.90 Å². The number of nitrogens with one attached hydrogen (secondary N) is 1. The number of aliphatic hydroxyl groups excluding tert-OH is 1. The molecule has 1 aromatic rings. The molecule has 0 saturated carbocycles. The molecule has 0 aromatic carbocycles. The molecule has 2 rings (SSSR count). The van der Waals surface area contributed by atoms with E-state index >= 15 is 0 Å². The van der Waals surface area contributed by atoms with Crippen LogP contribution in [0.15, 0.2) is 5.38 Å². The van der Waals surface area contributed by atoms with Gasteiger partial charge in [0.25, 0.3) is 0 Å². The summed E-state index contributed by atoms with van der Waals surface area (Å²) in [6, 6.07) is 0. The molecular weight excluding hydrogens is 240 g/mol. The van der Waals surface area contributed by atoms with E-state index in [0.29, 0.717) is 17.4 Å². The molecule has 0 spiro atoms. The van der Waals surface area contributed by atoms with Gasteiger partial charge in [-0.1, -0.05) is 0 Å². The minimum absolute atomic E-state index is 0.0548. The summed E-state index contributed by atoms with van der Waals surface area (Å²) in [6.45, 7) is 4.08. The first-order chi connectivity index (χ1) is 8.06. The van der Waals surface area contributed by atoms with Crippen molar-refractivity contribution in [3.63, 3.8) is 0 Å². The van der Waals surface area contributed by atoms with Crippen LogP contribution < -0.4 is 5.32 Å². The molecule has 5 nitrogen and oxygen atoms in total. The second kappa shape index (κ2) is 5.12. The molecule has 17 heavy (non-hydrogen) atoms. The average molecular weight is 256 g/mol. The highest BCUT2D eigenvalue weighted by atomic mass is 32.1. The van der Waals surface area contributed by atoms with Gasteiger partial charge in [0.15, 0.2) is 5.13 Å². The molecule has 0 aliphatic carbocycles. The highest BCUT2D eigenvalue weighted by Crippen LogP contribution is 2.24. The lowest BCUT2D eigenvalue weighted by Crippen LogP contribution is -2.23. The van der Waals surface area contributed by atoms with Gasteiger partial charge in [0, 0.05) is 5.38 Å². The van der Waals surface area contributed by atoms with E-state index in [2.05, 4.69) is 10.3 Å². The Balaban J connectivity index is 1.93. The molecule has 0 radical (unpaired) electrons. The van der Waals surface area contributed by atoms with Crippen molar-refractivity contribution in [2.75, 3.05) is 11.9 Å². The van der Waals surface area contributed by atoms with Gasteiger partial charge >= 0.3 is 0 Å². The lowest BCUT2D eigenvalue weighted by Gasteiger charge is -2.06. The number of carbonyl (C=O) groups excluding carboxylic acids is 1. The molecular formula is C11H16N2O3S. The van der Waals surface area contributed by atoms with Crippen molar-refractivity contribution in [3.8, 4) is 0 Å². The second-order valence-electron chi connectivity index (χ2n) is 4.32. The number of amides is 1. The third-order valence-corrected chi connectivity index (χ3v) is 3.53. The zero-order valence-corrected chi connectivity index (χ0v) is 10.7. The lowest BCUT2D eigenvalue weighted by atomic mass is 10.1. The highest BCUT2D eigenvalue weighted by Gasteiger charge is 2.28. The molecule has 94 valence electrons. The fourth-order valence-corrected chi connectivity index (χ4v) is 2.54. The van der Waals surface area contributed by atoms with Crippen LogP contribution in [-0.2, 0) is 9.53 Å².